The van der Waals surface area contributed by atoms with Gasteiger partial charge in [0.05, 0.1) is 46.7 Å². The molecule has 1 aliphatic rings. The second-order valence-corrected chi connectivity index (χ2v) is 6.63. The van der Waals surface area contributed by atoms with E-state index in [1.54, 1.807) is 32.0 Å². The lowest BCUT2D eigenvalue weighted by molar-refractivity contribution is -0.146. The summed E-state index contributed by atoms with van der Waals surface area (Å²) in [4.78, 5) is 22.4. The number of pyridine rings is 1. The number of aromatic nitrogens is 1. The molecular formula is C19H29N3O7. The first-order valence-corrected chi connectivity index (χ1v) is 9.28. The van der Waals surface area contributed by atoms with Crippen LogP contribution in [0, 0.1) is 0 Å². The first-order valence-electron chi connectivity index (χ1n) is 9.28. The minimum absolute atomic E-state index is 0.143. The molecule has 1 unspecified atom stereocenters. The summed E-state index contributed by atoms with van der Waals surface area (Å²) in [5.41, 5.74) is -0.812. The van der Waals surface area contributed by atoms with E-state index in [1.165, 1.54) is 13.3 Å². The number of nitrogens with zero attached hydrogens (tertiary/aromatic N) is 3. The highest BCUT2D eigenvalue weighted by Gasteiger charge is 2.42. The van der Waals surface area contributed by atoms with Crippen molar-refractivity contribution in [1.29, 1.82) is 0 Å². The summed E-state index contributed by atoms with van der Waals surface area (Å²) in [6.45, 7) is 4.57. The van der Waals surface area contributed by atoms with Crippen LogP contribution in [-0.2, 0) is 23.7 Å². The van der Waals surface area contributed by atoms with Crippen molar-refractivity contribution in [3.8, 4) is 11.5 Å². The maximum atomic E-state index is 12.0. The molecule has 0 radical (unpaired) electrons. The third kappa shape index (κ3) is 6.02. The van der Waals surface area contributed by atoms with Gasteiger partial charge in [0.25, 0.3) is 0 Å². The minimum atomic E-state index is -1.05. The molecule has 2 heterocycles. The number of amidine groups is 1. The van der Waals surface area contributed by atoms with Crippen LogP contribution in [0.2, 0.25) is 0 Å². The van der Waals surface area contributed by atoms with Gasteiger partial charge >= 0.3 is 5.97 Å². The SMILES string of the molecule is COCCOCCOCCOc1ccnc(C2=NC(C)(C(=O)OC)CN2C)c1O. The van der Waals surface area contributed by atoms with Crippen molar-refractivity contribution in [3.63, 3.8) is 0 Å². The zero-order valence-electron chi connectivity index (χ0n) is 17.3. The molecule has 1 aliphatic heterocycles. The number of methoxy groups -OCH3 is 2. The molecule has 0 saturated carbocycles. The number of carbonyl (C=O) groups excluding carboxylic acids is 1. The van der Waals surface area contributed by atoms with E-state index in [4.69, 9.17) is 23.7 Å². The molecule has 2 rings (SSSR count). The monoisotopic (exact) mass is 411 g/mol. The van der Waals surface area contributed by atoms with Crippen molar-refractivity contribution in [2.24, 2.45) is 4.99 Å². The normalized spacial score (nSPS) is 18.6. The Bertz CT molecular complexity index is 713. The van der Waals surface area contributed by atoms with Gasteiger partial charge in [0.15, 0.2) is 28.6 Å². The molecular weight excluding hydrogens is 382 g/mol. The molecule has 1 aromatic heterocycles. The zero-order valence-corrected chi connectivity index (χ0v) is 17.3. The number of hydrogen-bond donors (Lipinski definition) is 1. The van der Waals surface area contributed by atoms with Crippen molar-refractivity contribution < 1.29 is 33.6 Å². The maximum absolute atomic E-state index is 12.0. The molecule has 1 atom stereocenters. The summed E-state index contributed by atoms with van der Waals surface area (Å²) >= 11 is 0. The van der Waals surface area contributed by atoms with Crippen LogP contribution in [0.4, 0.5) is 0 Å². The highest BCUT2D eigenvalue weighted by Crippen LogP contribution is 2.32. The number of hydrogen-bond acceptors (Lipinski definition) is 10. The summed E-state index contributed by atoms with van der Waals surface area (Å²) in [5, 5.41) is 10.6. The van der Waals surface area contributed by atoms with Crippen molar-refractivity contribution in [3.05, 3.63) is 18.0 Å². The molecule has 0 bridgehead atoms. The highest BCUT2D eigenvalue weighted by atomic mass is 16.6. The number of likely N-dealkylation sites (N-methyl/N-ethyl adjacent to an activating group) is 1. The van der Waals surface area contributed by atoms with E-state index in [2.05, 4.69) is 9.98 Å². The fourth-order valence-corrected chi connectivity index (χ4v) is 2.85. The molecule has 29 heavy (non-hydrogen) atoms. The first-order chi connectivity index (χ1) is 13.9. The first kappa shape index (κ1) is 22.9. The summed E-state index contributed by atoms with van der Waals surface area (Å²) in [6.07, 6.45) is 1.51. The lowest BCUT2D eigenvalue weighted by Gasteiger charge is -2.19. The highest BCUT2D eigenvalue weighted by molar-refractivity contribution is 6.03. The second-order valence-electron chi connectivity index (χ2n) is 6.63. The lowest BCUT2D eigenvalue weighted by atomic mass is 10.1. The van der Waals surface area contributed by atoms with E-state index in [-0.39, 0.29) is 23.8 Å². The molecule has 10 nitrogen and oxygen atoms in total. The van der Waals surface area contributed by atoms with Crippen molar-refractivity contribution in [2.75, 3.05) is 67.5 Å². The van der Waals surface area contributed by atoms with E-state index >= 15 is 0 Å². The lowest BCUT2D eigenvalue weighted by Crippen LogP contribution is -2.39. The van der Waals surface area contributed by atoms with Gasteiger partial charge in [-0.1, -0.05) is 0 Å². The van der Waals surface area contributed by atoms with E-state index in [0.29, 0.717) is 45.4 Å². The van der Waals surface area contributed by atoms with Gasteiger partial charge in [-0.3, -0.25) is 0 Å². The molecule has 162 valence electrons. The van der Waals surface area contributed by atoms with Crippen molar-refractivity contribution in [2.45, 2.75) is 12.5 Å². The smallest absolute Gasteiger partial charge is 0.335 e. The van der Waals surface area contributed by atoms with Crippen LogP contribution in [-0.4, -0.2) is 99.8 Å². The van der Waals surface area contributed by atoms with Crippen molar-refractivity contribution in [1.82, 2.24) is 9.88 Å². The molecule has 1 aromatic rings. The van der Waals surface area contributed by atoms with Gasteiger partial charge in [-0.15, -0.1) is 0 Å². The Hall–Kier alpha value is -2.43. The Morgan fingerprint density at radius 2 is 1.83 bits per heavy atom. The average Bonchev–Trinajstić information content (AvgIpc) is 3.02. The van der Waals surface area contributed by atoms with Gasteiger partial charge < -0.3 is 33.7 Å². The fourth-order valence-electron chi connectivity index (χ4n) is 2.85. The number of carbonyl (C=O) groups is 1. The average molecular weight is 411 g/mol. The molecule has 1 N–H and O–H groups in total. The van der Waals surface area contributed by atoms with Crippen LogP contribution in [0.5, 0.6) is 11.5 Å². The van der Waals surface area contributed by atoms with Gasteiger partial charge in [0.1, 0.15) is 6.61 Å². The minimum Gasteiger partial charge on any atom is -0.503 e. The third-order valence-corrected chi connectivity index (χ3v) is 4.27. The van der Waals surface area contributed by atoms with Crippen LogP contribution in [0.25, 0.3) is 0 Å². The van der Waals surface area contributed by atoms with Gasteiger partial charge in [-0.25, -0.2) is 14.8 Å². The van der Waals surface area contributed by atoms with Gasteiger partial charge in [-0.2, -0.15) is 0 Å². The third-order valence-electron chi connectivity index (χ3n) is 4.27. The Balaban J connectivity index is 1.91. The summed E-state index contributed by atoms with van der Waals surface area (Å²) < 4.78 is 26.0. The Morgan fingerprint density at radius 3 is 2.48 bits per heavy atom. The van der Waals surface area contributed by atoms with E-state index < -0.39 is 11.5 Å². The Morgan fingerprint density at radius 1 is 1.17 bits per heavy atom. The standard InChI is InChI=1S/C19H29N3O7/c1-19(18(24)26-4)13-22(2)17(21-19)15-16(23)14(5-6-20-15)29-12-11-28-10-9-27-8-7-25-3/h5-6,23H,7-13H2,1-4H3. The molecule has 0 amide bonds. The van der Waals surface area contributed by atoms with E-state index in [1.807, 2.05) is 0 Å². The maximum Gasteiger partial charge on any atom is 0.335 e. The number of aliphatic imine (C=N–C) groups is 1. The number of esters is 1. The molecule has 0 spiro atoms. The Labute approximate surface area is 170 Å². The van der Waals surface area contributed by atoms with Gasteiger partial charge in [0, 0.05) is 26.4 Å². The van der Waals surface area contributed by atoms with Gasteiger partial charge in [-0.05, 0) is 6.92 Å². The molecule has 0 saturated heterocycles. The largest absolute Gasteiger partial charge is 0.503 e. The topological polar surface area (TPSA) is 112 Å². The van der Waals surface area contributed by atoms with Gasteiger partial charge in [0.2, 0.25) is 0 Å². The fraction of sp³-hybridized carbons (Fsp3) is 0.632. The number of aromatic hydroxyl groups is 1. The quantitative estimate of drug-likeness (QED) is 0.387. The van der Waals surface area contributed by atoms with Crippen LogP contribution in [0.1, 0.15) is 12.6 Å². The predicted octanol–water partition coefficient (Wildman–Crippen LogP) is 0.469. The number of rotatable bonds is 12. The van der Waals surface area contributed by atoms with E-state index in [0.717, 1.165) is 0 Å². The summed E-state index contributed by atoms with van der Waals surface area (Å²) in [6, 6.07) is 1.56. The zero-order chi connectivity index (χ0) is 21.3. The van der Waals surface area contributed by atoms with Crippen LogP contribution in [0.15, 0.2) is 17.3 Å². The van der Waals surface area contributed by atoms with Crippen LogP contribution >= 0.6 is 0 Å². The number of ether oxygens (including phenoxy) is 5. The summed E-state index contributed by atoms with van der Waals surface area (Å²) in [5.74, 6) is 0.0627. The second kappa shape index (κ2) is 10.9. The predicted molar refractivity (Wildman–Crippen MR) is 104 cm³/mol. The Kier molecular flexibility index (Phi) is 8.62. The molecule has 10 heteroatoms. The van der Waals surface area contributed by atoms with Crippen molar-refractivity contribution >= 4 is 11.8 Å². The van der Waals surface area contributed by atoms with Crippen LogP contribution < -0.4 is 4.74 Å². The molecule has 0 aliphatic carbocycles. The molecule has 0 aromatic carbocycles. The van der Waals surface area contributed by atoms with Crippen LogP contribution in [0.3, 0.4) is 0 Å². The molecule has 0 fully saturated rings. The summed E-state index contributed by atoms with van der Waals surface area (Å²) in [7, 11) is 4.70. The van der Waals surface area contributed by atoms with E-state index in [9.17, 15) is 9.90 Å².